The van der Waals surface area contributed by atoms with E-state index in [0.29, 0.717) is 11.5 Å². The van der Waals surface area contributed by atoms with Crippen LogP contribution in [-0.2, 0) is 0 Å². The molecule has 0 aliphatic carbocycles. The molecule has 0 unspecified atom stereocenters. The SMILES string of the molecule is O=c1c(-n2ccnc2)c[nH]n1-c1cc(N2CCC(F)(F)C2)ncn1. The van der Waals surface area contributed by atoms with Gasteiger partial charge in [-0.3, -0.25) is 14.5 Å². The number of anilines is 1. The van der Waals surface area contributed by atoms with E-state index < -0.39 is 5.92 Å². The molecule has 0 aromatic carbocycles. The topological polar surface area (TPSA) is 84.6 Å². The number of aromatic amines is 1. The second-order valence-corrected chi connectivity index (χ2v) is 5.53. The predicted octanol–water partition coefficient (Wildman–Crippen LogP) is 0.987. The number of hydrogen-bond acceptors (Lipinski definition) is 5. The third kappa shape index (κ3) is 2.45. The van der Waals surface area contributed by atoms with E-state index in [4.69, 9.17) is 0 Å². The number of rotatable bonds is 3. The molecule has 0 atom stereocenters. The number of alkyl halides is 2. The first-order chi connectivity index (χ1) is 11.5. The number of hydrogen-bond donors (Lipinski definition) is 1. The normalized spacial score (nSPS) is 16.7. The Morgan fingerprint density at radius 3 is 2.79 bits per heavy atom. The van der Waals surface area contributed by atoms with E-state index >= 15 is 0 Å². The smallest absolute Gasteiger partial charge is 0.296 e. The van der Waals surface area contributed by atoms with Crippen molar-refractivity contribution in [2.45, 2.75) is 12.3 Å². The van der Waals surface area contributed by atoms with Crippen LogP contribution in [0.15, 0.2) is 42.1 Å². The minimum absolute atomic E-state index is 0.209. The maximum Gasteiger partial charge on any atom is 0.296 e. The van der Waals surface area contributed by atoms with E-state index in [1.54, 1.807) is 17.0 Å². The van der Waals surface area contributed by atoms with E-state index in [2.05, 4.69) is 20.1 Å². The van der Waals surface area contributed by atoms with Crippen LogP contribution < -0.4 is 10.5 Å². The molecule has 1 fully saturated rings. The molecule has 0 bridgehead atoms. The summed E-state index contributed by atoms with van der Waals surface area (Å²) in [5, 5.41) is 2.81. The molecule has 3 aromatic rings. The fraction of sp³-hybridized carbons (Fsp3) is 0.286. The van der Waals surface area contributed by atoms with Gasteiger partial charge in [-0.1, -0.05) is 0 Å². The summed E-state index contributed by atoms with van der Waals surface area (Å²) in [7, 11) is 0. The molecule has 4 rings (SSSR count). The molecule has 1 N–H and O–H groups in total. The third-order valence-corrected chi connectivity index (χ3v) is 3.90. The molecule has 1 aliphatic rings. The molecular formula is C14H13F2N7O. The molecule has 24 heavy (non-hydrogen) atoms. The van der Waals surface area contributed by atoms with E-state index in [1.807, 2.05) is 0 Å². The van der Waals surface area contributed by atoms with Crippen LogP contribution in [0.3, 0.4) is 0 Å². The number of imidazole rings is 1. The zero-order valence-electron chi connectivity index (χ0n) is 12.4. The standard InChI is InChI=1S/C14H13F2N7O/c15-14(16)1-3-21(7-14)11-5-12(19-8-18-11)23-13(24)10(6-20-23)22-4-2-17-9-22/h2,4-6,8-9,20H,1,3,7H2. The Hall–Kier alpha value is -3.04. The molecule has 0 saturated carbocycles. The summed E-state index contributed by atoms with van der Waals surface area (Å²) < 4.78 is 29.5. The minimum atomic E-state index is -2.72. The van der Waals surface area contributed by atoms with E-state index in [-0.39, 0.29) is 30.9 Å². The third-order valence-electron chi connectivity index (χ3n) is 3.90. The predicted molar refractivity (Wildman–Crippen MR) is 80.9 cm³/mol. The summed E-state index contributed by atoms with van der Waals surface area (Å²) in [6.07, 6.45) is 7.28. The van der Waals surface area contributed by atoms with Crippen LogP contribution in [0.1, 0.15) is 6.42 Å². The quantitative estimate of drug-likeness (QED) is 0.772. The maximum absolute atomic E-state index is 13.4. The zero-order valence-corrected chi connectivity index (χ0v) is 12.4. The second kappa shape index (κ2) is 5.25. The van der Waals surface area contributed by atoms with Gasteiger partial charge in [0.15, 0.2) is 5.82 Å². The highest BCUT2D eigenvalue weighted by Gasteiger charge is 2.38. The average molecular weight is 333 g/mol. The van der Waals surface area contributed by atoms with Crippen molar-refractivity contribution in [2.75, 3.05) is 18.0 Å². The number of halogens is 2. The summed E-state index contributed by atoms with van der Waals surface area (Å²) in [6.45, 7) is -0.174. The molecule has 0 spiro atoms. The molecule has 1 saturated heterocycles. The van der Waals surface area contributed by atoms with Gasteiger partial charge in [-0.15, -0.1) is 0 Å². The van der Waals surface area contributed by atoms with Gasteiger partial charge in [0.2, 0.25) is 0 Å². The number of H-pyrrole nitrogens is 1. The fourth-order valence-electron chi connectivity index (χ4n) is 2.68. The Morgan fingerprint density at radius 1 is 1.25 bits per heavy atom. The van der Waals surface area contributed by atoms with Crippen molar-refractivity contribution < 1.29 is 8.78 Å². The second-order valence-electron chi connectivity index (χ2n) is 5.53. The van der Waals surface area contributed by atoms with Gasteiger partial charge in [0, 0.05) is 37.6 Å². The maximum atomic E-state index is 13.4. The molecule has 0 radical (unpaired) electrons. The number of nitrogens with one attached hydrogen (secondary N) is 1. The lowest BCUT2D eigenvalue weighted by atomic mass is 10.3. The van der Waals surface area contributed by atoms with E-state index in [9.17, 15) is 13.6 Å². The van der Waals surface area contributed by atoms with Crippen molar-refractivity contribution in [3.63, 3.8) is 0 Å². The Bertz CT molecular complexity index is 915. The lowest BCUT2D eigenvalue weighted by Gasteiger charge is -2.17. The van der Waals surface area contributed by atoms with Gasteiger partial charge < -0.3 is 4.90 Å². The van der Waals surface area contributed by atoms with Crippen LogP contribution >= 0.6 is 0 Å². The first-order valence-corrected chi connectivity index (χ1v) is 7.27. The monoisotopic (exact) mass is 333 g/mol. The van der Waals surface area contributed by atoms with Crippen molar-refractivity contribution in [3.05, 3.63) is 47.7 Å². The van der Waals surface area contributed by atoms with Crippen LogP contribution in [0.2, 0.25) is 0 Å². The van der Waals surface area contributed by atoms with E-state index in [1.165, 1.54) is 34.5 Å². The molecule has 3 aromatic heterocycles. The molecule has 8 nitrogen and oxygen atoms in total. The molecule has 1 aliphatic heterocycles. The highest BCUT2D eigenvalue weighted by molar-refractivity contribution is 5.45. The van der Waals surface area contributed by atoms with Gasteiger partial charge in [0.05, 0.1) is 12.9 Å². The van der Waals surface area contributed by atoms with Crippen LogP contribution in [0.25, 0.3) is 11.5 Å². The van der Waals surface area contributed by atoms with Crippen molar-refractivity contribution in [1.82, 2.24) is 29.3 Å². The minimum Gasteiger partial charge on any atom is -0.350 e. The van der Waals surface area contributed by atoms with Crippen molar-refractivity contribution in [1.29, 1.82) is 0 Å². The molecule has 0 amide bonds. The molecular weight excluding hydrogens is 320 g/mol. The summed E-state index contributed by atoms with van der Waals surface area (Å²) in [5.74, 6) is -2.07. The van der Waals surface area contributed by atoms with Gasteiger partial charge in [0.25, 0.3) is 11.5 Å². The molecule has 4 heterocycles. The van der Waals surface area contributed by atoms with Crippen LogP contribution in [0, 0.1) is 0 Å². The Labute approximate surface area is 134 Å². The summed E-state index contributed by atoms with van der Waals surface area (Å²) >= 11 is 0. The zero-order chi connectivity index (χ0) is 16.7. The molecule has 124 valence electrons. The van der Waals surface area contributed by atoms with Crippen molar-refractivity contribution in [2.24, 2.45) is 0 Å². The number of aromatic nitrogens is 6. The average Bonchev–Trinajstić information content (AvgIpc) is 3.27. The van der Waals surface area contributed by atoms with Gasteiger partial charge in [0.1, 0.15) is 17.8 Å². The van der Waals surface area contributed by atoms with Crippen LogP contribution in [0.5, 0.6) is 0 Å². The fourth-order valence-corrected chi connectivity index (χ4v) is 2.68. The largest absolute Gasteiger partial charge is 0.350 e. The highest BCUT2D eigenvalue weighted by Crippen LogP contribution is 2.29. The van der Waals surface area contributed by atoms with Crippen LogP contribution in [0.4, 0.5) is 14.6 Å². The lowest BCUT2D eigenvalue weighted by molar-refractivity contribution is 0.0256. The lowest BCUT2D eigenvalue weighted by Crippen LogP contribution is -2.26. The summed E-state index contributed by atoms with van der Waals surface area (Å²) in [5.41, 5.74) is 0.0461. The Morgan fingerprint density at radius 2 is 2.08 bits per heavy atom. The van der Waals surface area contributed by atoms with E-state index in [0.717, 1.165) is 0 Å². The Balaban J connectivity index is 1.69. The highest BCUT2D eigenvalue weighted by atomic mass is 19.3. The Kier molecular flexibility index (Phi) is 3.18. The number of nitrogens with zero attached hydrogens (tertiary/aromatic N) is 6. The summed E-state index contributed by atoms with van der Waals surface area (Å²) in [6, 6.07) is 1.51. The van der Waals surface area contributed by atoms with Crippen molar-refractivity contribution >= 4 is 5.82 Å². The first kappa shape index (κ1) is 14.5. The first-order valence-electron chi connectivity index (χ1n) is 7.27. The summed E-state index contributed by atoms with van der Waals surface area (Å²) in [4.78, 5) is 26.0. The molecule has 10 heteroatoms. The van der Waals surface area contributed by atoms with Gasteiger partial charge in [-0.2, -0.15) is 4.68 Å². The van der Waals surface area contributed by atoms with Gasteiger partial charge in [-0.05, 0) is 0 Å². The van der Waals surface area contributed by atoms with Crippen LogP contribution in [-0.4, -0.2) is 48.3 Å². The van der Waals surface area contributed by atoms with Crippen molar-refractivity contribution in [3.8, 4) is 11.5 Å². The van der Waals surface area contributed by atoms with Gasteiger partial charge in [-0.25, -0.2) is 23.7 Å². The van der Waals surface area contributed by atoms with Gasteiger partial charge >= 0.3 is 0 Å².